The molecular formula is C13H9FN2O. The third-order valence-electron chi connectivity index (χ3n) is 2.20. The zero-order valence-electron chi connectivity index (χ0n) is 8.93. The van der Waals surface area contributed by atoms with Crippen molar-refractivity contribution in [2.45, 2.75) is 6.61 Å². The van der Waals surface area contributed by atoms with Crippen LogP contribution in [0.2, 0.25) is 0 Å². The highest BCUT2D eigenvalue weighted by molar-refractivity contribution is 5.37. The molecule has 0 atom stereocenters. The zero-order valence-corrected chi connectivity index (χ0v) is 8.93. The molecule has 1 heterocycles. The molecule has 0 fully saturated rings. The summed E-state index contributed by atoms with van der Waals surface area (Å²) in [5.74, 6) is -0.381. The van der Waals surface area contributed by atoms with Crippen LogP contribution in [-0.4, -0.2) is 4.98 Å². The van der Waals surface area contributed by atoms with Crippen molar-refractivity contribution in [3.63, 3.8) is 0 Å². The van der Waals surface area contributed by atoms with Gasteiger partial charge >= 0.3 is 0 Å². The predicted octanol–water partition coefficient (Wildman–Crippen LogP) is 2.67. The molecule has 0 saturated carbocycles. The van der Waals surface area contributed by atoms with Crippen LogP contribution in [0.5, 0.6) is 5.88 Å². The van der Waals surface area contributed by atoms with E-state index in [1.54, 1.807) is 24.3 Å². The quantitative estimate of drug-likeness (QED) is 0.759. The first-order chi connectivity index (χ1) is 8.29. The van der Waals surface area contributed by atoms with Crippen LogP contribution in [0.3, 0.4) is 0 Å². The van der Waals surface area contributed by atoms with E-state index in [2.05, 4.69) is 11.1 Å². The normalized spacial score (nSPS) is 9.65. The van der Waals surface area contributed by atoms with Crippen molar-refractivity contribution in [2.75, 3.05) is 0 Å². The highest BCUT2D eigenvalue weighted by Gasteiger charge is 2.03. The summed E-state index contributed by atoms with van der Waals surface area (Å²) in [5.41, 5.74) is 1.30. The van der Waals surface area contributed by atoms with Gasteiger partial charge in [0.2, 0.25) is 11.8 Å². The number of hydrogen-bond acceptors (Lipinski definition) is 3. The number of nitrogens with zero attached hydrogens (tertiary/aromatic N) is 2. The third-order valence-corrected chi connectivity index (χ3v) is 2.20. The Balaban J connectivity index is 2.10. The highest BCUT2D eigenvalue weighted by atomic mass is 19.1. The van der Waals surface area contributed by atoms with Gasteiger partial charge in [0.05, 0.1) is 11.6 Å². The molecule has 0 unspecified atom stereocenters. The molecule has 0 saturated heterocycles. The summed E-state index contributed by atoms with van der Waals surface area (Å²) in [4.78, 5) is 3.57. The lowest BCUT2D eigenvalue weighted by atomic mass is 10.1. The van der Waals surface area contributed by atoms with Gasteiger partial charge in [-0.3, -0.25) is 0 Å². The average molecular weight is 228 g/mol. The van der Waals surface area contributed by atoms with Gasteiger partial charge in [-0.1, -0.05) is 24.3 Å². The molecule has 4 heteroatoms. The van der Waals surface area contributed by atoms with Gasteiger partial charge in [0.15, 0.2) is 0 Å². The lowest BCUT2D eigenvalue weighted by Gasteiger charge is -2.06. The van der Waals surface area contributed by atoms with E-state index in [1.165, 1.54) is 12.1 Å². The number of pyridine rings is 1. The number of ether oxygens (including phenoxy) is 1. The van der Waals surface area contributed by atoms with Crippen LogP contribution in [0.1, 0.15) is 11.1 Å². The fraction of sp³-hybridized carbons (Fsp3) is 0.0769. The minimum absolute atomic E-state index is 0.195. The lowest BCUT2D eigenvalue weighted by molar-refractivity contribution is 0.289. The predicted molar refractivity (Wildman–Crippen MR) is 59.7 cm³/mol. The standard InChI is InChI=1S/C13H9FN2O/c14-12-6-3-7-13(16-12)17-9-11-5-2-1-4-10(11)8-15/h1-7H,9H2. The van der Waals surface area contributed by atoms with E-state index >= 15 is 0 Å². The molecule has 1 aromatic heterocycles. The number of nitriles is 1. The molecule has 0 bridgehead atoms. The Hall–Kier alpha value is -2.41. The average Bonchev–Trinajstić information content (AvgIpc) is 2.37. The van der Waals surface area contributed by atoms with E-state index in [0.717, 1.165) is 5.56 Å². The number of rotatable bonds is 3. The summed E-state index contributed by atoms with van der Waals surface area (Å²) in [5, 5.41) is 8.88. The summed E-state index contributed by atoms with van der Waals surface area (Å²) >= 11 is 0. The summed E-state index contributed by atoms with van der Waals surface area (Å²) < 4.78 is 18.1. The molecule has 0 spiro atoms. The molecule has 17 heavy (non-hydrogen) atoms. The molecule has 0 aliphatic rings. The smallest absolute Gasteiger partial charge is 0.216 e. The first-order valence-electron chi connectivity index (χ1n) is 5.03. The van der Waals surface area contributed by atoms with Crippen LogP contribution in [0, 0.1) is 17.3 Å². The van der Waals surface area contributed by atoms with Gasteiger partial charge < -0.3 is 4.74 Å². The minimum atomic E-state index is -0.587. The summed E-state index contributed by atoms with van der Waals surface area (Å²) in [6.07, 6.45) is 0. The second-order valence-electron chi connectivity index (χ2n) is 3.36. The van der Waals surface area contributed by atoms with Crippen molar-refractivity contribution in [1.82, 2.24) is 4.98 Å². The van der Waals surface area contributed by atoms with Crippen LogP contribution >= 0.6 is 0 Å². The number of benzene rings is 1. The maximum Gasteiger partial charge on any atom is 0.216 e. The summed E-state index contributed by atoms with van der Waals surface area (Å²) in [6, 6.07) is 13.5. The third kappa shape index (κ3) is 2.79. The molecule has 2 rings (SSSR count). The van der Waals surface area contributed by atoms with Crippen LogP contribution in [0.25, 0.3) is 0 Å². The second-order valence-corrected chi connectivity index (χ2v) is 3.36. The maximum atomic E-state index is 12.8. The largest absolute Gasteiger partial charge is 0.473 e. The van der Waals surface area contributed by atoms with Crippen molar-refractivity contribution >= 4 is 0 Å². The molecule has 0 aliphatic heterocycles. The van der Waals surface area contributed by atoms with Gasteiger partial charge in [-0.2, -0.15) is 14.6 Å². The highest BCUT2D eigenvalue weighted by Crippen LogP contribution is 2.12. The lowest BCUT2D eigenvalue weighted by Crippen LogP contribution is -2.00. The SMILES string of the molecule is N#Cc1ccccc1COc1cccc(F)n1. The topological polar surface area (TPSA) is 45.9 Å². The molecule has 2 aromatic rings. The molecule has 0 N–H and O–H groups in total. The number of hydrogen-bond donors (Lipinski definition) is 0. The second kappa shape index (κ2) is 5.08. The number of halogens is 1. The van der Waals surface area contributed by atoms with E-state index < -0.39 is 5.95 Å². The van der Waals surface area contributed by atoms with Crippen LogP contribution in [-0.2, 0) is 6.61 Å². The fourth-order valence-electron chi connectivity index (χ4n) is 1.38. The van der Waals surface area contributed by atoms with Crippen molar-refractivity contribution in [1.29, 1.82) is 5.26 Å². The fourth-order valence-corrected chi connectivity index (χ4v) is 1.38. The van der Waals surface area contributed by atoms with Crippen molar-refractivity contribution in [3.05, 3.63) is 59.5 Å². The Morgan fingerprint density at radius 1 is 1.18 bits per heavy atom. The van der Waals surface area contributed by atoms with Gasteiger partial charge in [-0.25, -0.2) is 0 Å². The van der Waals surface area contributed by atoms with Crippen LogP contribution < -0.4 is 4.74 Å². The summed E-state index contributed by atoms with van der Waals surface area (Å²) in [7, 11) is 0. The Bertz CT molecular complexity index is 563. The Kier molecular flexibility index (Phi) is 3.31. The Morgan fingerprint density at radius 2 is 2.00 bits per heavy atom. The first-order valence-corrected chi connectivity index (χ1v) is 5.03. The van der Waals surface area contributed by atoms with Gasteiger partial charge in [0.25, 0.3) is 0 Å². The summed E-state index contributed by atoms with van der Waals surface area (Å²) in [6.45, 7) is 0.195. The Morgan fingerprint density at radius 3 is 2.76 bits per heavy atom. The van der Waals surface area contributed by atoms with E-state index in [4.69, 9.17) is 10.00 Å². The van der Waals surface area contributed by atoms with Gasteiger partial charge in [0, 0.05) is 11.6 Å². The molecule has 84 valence electrons. The monoisotopic (exact) mass is 228 g/mol. The zero-order chi connectivity index (χ0) is 12.1. The van der Waals surface area contributed by atoms with Crippen molar-refractivity contribution in [2.24, 2.45) is 0 Å². The van der Waals surface area contributed by atoms with Gasteiger partial charge in [-0.05, 0) is 12.1 Å². The van der Waals surface area contributed by atoms with E-state index in [9.17, 15) is 4.39 Å². The van der Waals surface area contributed by atoms with Gasteiger partial charge in [-0.15, -0.1) is 0 Å². The maximum absolute atomic E-state index is 12.8. The molecular weight excluding hydrogens is 219 g/mol. The molecule has 3 nitrogen and oxygen atoms in total. The first kappa shape index (κ1) is 11.1. The molecule has 1 aromatic carbocycles. The van der Waals surface area contributed by atoms with Gasteiger partial charge in [0.1, 0.15) is 6.61 Å². The van der Waals surface area contributed by atoms with Crippen molar-refractivity contribution < 1.29 is 9.13 Å². The Labute approximate surface area is 98.1 Å². The van der Waals surface area contributed by atoms with Crippen LogP contribution in [0.4, 0.5) is 4.39 Å². The molecule has 0 amide bonds. The van der Waals surface area contributed by atoms with E-state index in [1.807, 2.05) is 6.07 Å². The number of aromatic nitrogens is 1. The minimum Gasteiger partial charge on any atom is -0.473 e. The van der Waals surface area contributed by atoms with Crippen molar-refractivity contribution in [3.8, 4) is 11.9 Å². The van der Waals surface area contributed by atoms with Crippen LogP contribution in [0.15, 0.2) is 42.5 Å². The van der Waals surface area contributed by atoms with E-state index in [0.29, 0.717) is 5.56 Å². The van der Waals surface area contributed by atoms with E-state index in [-0.39, 0.29) is 12.5 Å². The molecule has 0 radical (unpaired) electrons. The molecule has 0 aliphatic carbocycles.